The van der Waals surface area contributed by atoms with Gasteiger partial charge in [0.2, 0.25) is 5.91 Å². The summed E-state index contributed by atoms with van der Waals surface area (Å²) >= 11 is 0. The summed E-state index contributed by atoms with van der Waals surface area (Å²) in [5.74, 6) is 1.92. The van der Waals surface area contributed by atoms with E-state index < -0.39 is 0 Å². The SMILES string of the molecule is Cc1ccccc1C1CCN(C(C)C(=O)Nc2ccc3c(c2)OCCO3)C1. The topological polar surface area (TPSA) is 50.8 Å². The van der Waals surface area contributed by atoms with Crippen LogP contribution in [0.5, 0.6) is 11.5 Å². The van der Waals surface area contributed by atoms with E-state index in [1.165, 1.54) is 11.1 Å². The molecule has 2 aromatic carbocycles. The summed E-state index contributed by atoms with van der Waals surface area (Å²) in [6.45, 7) is 7.10. The molecular weight excluding hydrogens is 340 g/mol. The molecule has 1 saturated heterocycles. The Morgan fingerprint density at radius 2 is 1.93 bits per heavy atom. The molecule has 142 valence electrons. The summed E-state index contributed by atoms with van der Waals surface area (Å²) in [5.41, 5.74) is 3.47. The fourth-order valence-corrected chi connectivity index (χ4v) is 3.97. The molecule has 0 spiro atoms. The van der Waals surface area contributed by atoms with Crippen LogP contribution in [0.15, 0.2) is 42.5 Å². The maximum absolute atomic E-state index is 12.8. The molecule has 2 aromatic rings. The minimum atomic E-state index is -0.174. The molecule has 2 unspecified atom stereocenters. The van der Waals surface area contributed by atoms with Crippen molar-refractivity contribution in [3.63, 3.8) is 0 Å². The van der Waals surface area contributed by atoms with E-state index in [1.807, 2.05) is 25.1 Å². The Balaban J connectivity index is 1.39. The van der Waals surface area contributed by atoms with Gasteiger partial charge in [-0.1, -0.05) is 24.3 Å². The first-order chi connectivity index (χ1) is 13.1. The minimum absolute atomic E-state index is 0.0112. The zero-order valence-corrected chi connectivity index (χ0v) is 15.9. The molecule has 1 N–H and O–H groups in total. The van der Waals surface area contributed by atoms with E-state index >= 15 is 0 Å². The Morgan fingerprint density at radius 1 is 1.15 bits per heavy atom. The number of likely N-dealkylation sites (tertiary alicyclic amines) is 1. The van der Waals surface area contributed by atoms with Gasteiger partial charge < -0.3 is 14.8 Å². The van der Waals surface area contributed by atoms with Crippen molar-refractivity contribution < 1.29 is 14.3 Å². The second-order valence-corrected chi connectivity index (χ2v) is 7.36. The van der Waals surface area contributed by atoms with Crippen molar-refractivity contribution >= 4 is 11.6 Å². The van der Waals surface area contributed by atoms with Gasteiger partial charge in [-0.3, -0.25) is 9.69 Å². The number of fused-ring (bicyclic) bond motifs is 1. The Labute approximate surface area is 160 Å². The highest BCUT2D eigenvalue weighted by Gasteiger charge is 2.31. The third-order valence-corrected chi connectivity index (χ3v) is 5.58. The van der Waals surface area contributed by atoms with Gasteiger partial charge in [-0.15, -0.1) is 0 Å². The molecule has 5 heteroatoms. The molecule has 27 heavy (non-hydrogen) atoms. The smallest absolute Gasteiger partial charge is 0.241 e. The lowest BCUT2D eigenvalue weighted by Gasteiger charge is -2.24. The highest BCUT2D eigenvalue weighted by atomic mass is 16.6. The van der Waals surface area contributed by atoms with E-state index in [0.29, 0.717) is 24.9 Å². The summed E-state index contributed by atoms with van der Waals surface area (Å²) < 4.78 is 11.1. The predicted molar refractivity (Wildman–Crippen MR) is 106 cm³/mol. The first-order valence-corrected chi connectivity index (χ1v) is 9.62. The van der Waals surface area contributed by atoms with Crippen molar-refractivity contribution in [1.29, 1.82) is 0 Å². The van der Waals surface area contributed by atoms with Gasteiger partial charge in [-0.25, -0.2) is 0 Å². The molecule has 4 rings (SSSR count). The van der Waals surface area contributed by atoms with Gasteiger partial charge in [0.15, 0.2) is 11.5 Å². The number of carbonyl (C=O) groups is 1. The largest absolute Gasteiger partial charge is 0.486 e. The molecule has 0 radical (unpaired) electrons. The molecule has 0 aromatic heterocycles. The third-order valence-electron chi connectivity index (χ3n) is 5.58. The van der Waals surface area contributed by atoms with Crippen molar-refractivity contribution in [2.45, 2.75) is 32.2 Å². The molecule has 2 atom stereocenters. The molecule has 2 aliphatic rings. The summed E-state index contributed by atoms with van der Waals surface area (Å²) in [7, 11) is 0. The summed E-state index contributed by atoms with van der Waals surface area (Å²) in [6.07, 6.45) is 1.09. The van der Waals surface area contributed by atoms with Crippen molar-refractivity contribution in [2.75, 3.05) is 31.6 Å². The highest BCUT2D eigenvalue weighted by Crippen LogP contribution is 2.33. The van der Waals surface area contributed by atoms with Gasteiger partial charge in [-0.05, 0) is 56.0 Å². The number of benzene rings is 2. The van der Waals surface area contributed by atoms with Gasteiger partial charge in [0.1, 0.15) is 13.2 Å². The Morgan fingerprint density at radius 3 is 2.74 bits per heavy atom. The fourth-order valence-electron chi connectivity index (χ4n) is 3.97. The van der Waals surface area contributed by atoms with Gasteiger partial charge in [0.25, 0.3) is 0 Å². The van der Waals surface area contributed by atoms with E-state index in [1.54, 1.807) is 0 Å². The quantitative estimate of drug-likeness (QED) is 0.899. The number of hydrogen-bond donors (Lipinski definition) is 1. The molecule has 5 nitrogen and oxygen atoms in total. The van der Waals surface area contributed by atoms with Gasteiger partial charge in [-0.2, -0.15) is 0 Å². The number of carbonyl (C=O) groups excluding carboxylic acids is 1. The van der Waals surface area contributed by atoms with Crippen LogP contribution in [0, 0.1) is 6.92 Å². The van der Waals surface area contributed by atoms with Crippen LogP contribution in [-0.4, -0.2) is 43.2 Å². The molecule has 0 bridgehead atoms. The van der Waals surface area contributed by atoms with Crippen molar-refractivity contribution in [3.8, 4) is 11.5 Å². The number of nitrogens with zero attached hydrogens (tertiary/aromatic N) is 1. The van der Waals surface area contributed by atoms with Gasteiger partial charge >= 0.3 is 0 Å². The van der Waals surface area contributed by atoms with Crippen LogP contribution < -0.4 is 14.8 Å². The van der Waals surface area contributed by atoms with Gasteiger partial charge in [0.05, 0.1) is 6.04 Å². The van der Waals surface area contributed by atoms with E-state index in [2.05, 4.69) is 41.4 Å². The molecule has 0 aliphatic carbocycles. The Hall–Kier alpha value is -2.53. The average molecular weight is 366 g/mol. The number of rotatable bonds is 4. The first-order valence-electron chi connectivity index (χ1n) is 9.62. The monoisotopic (exact) mass is 366 g/mol. The van der Waals surface area contributed by atoms with E-state index in [4.69, 9.17) is 9.47 Å². The summed E-state index contributed by atoms with van der Waals surface area (Å²) in [4.78, 5) is 15.0. The Kier molecular flexibility index (Phi) is 5.03. The van der Waals surface area contributed by atoms with Crippen LogP contribution in [0.3, 0.4) is 0 Å². The standard InChI is InChI=1S/C22H26N2O3/c1-15-5-3-4-6-19(15)17-9-10-24(14-17)16(2)22(25)23-18-7-8-20-21(13-18)27-12-11-26-20/h3-8,13,16-17H,9-12,14H2,1-2H3,(H,23,25). The predicted octanol–water partition coefficient (Wildman–Crippen LogP) is 3.58. The van der Waals surface area contributed by atoms with Gasteiger partial charge in [0, 0.05) is 18.3 Å². The van der Waals surface area contributed by atoms with Crippen LogP contribution >= 0.6 is 0 Å². The average Bonchev–Trinajstić information content (AvgIpc) is 3.17. The minimum Gasteiger partial charge on any atom is -0.486 e. The maximum atomic E-state index is 12.8. The molecule has 0 saturated carbocycles. The molecule has 1 amide bonds. The molecule has 2 heterocycles. The first kappa shape index (κ1) is 17.9. The van der Waals surface area contributed by atoms with Crippen LogP contribution in [0.1, 0.15) is 30.4 Å². The highest BCUT2D eigenvalue weighted by molar-refractivity contribution is 5.94. The Bertz CT molecular complexity index is 836. The second-order valence-electron chi connectivity index (χ2n) is 7.36. The van der Waals surface area contributed by atoms with E-state index in [0.717, 1.165) is 30.9 Å². The molecule has 2 aliphatic heterocycles. The maximum Gasteiger partial charge on any atom is 0.241 e. The van der Waals surface area contributed by atoms with Crippen LogP contribution in [-0.2, 0) is 4.79 Å². The zero-order chi connectivity index (χ0) is 18.8. The lowest BCUT2D eigenvalue weighted by molar-refractivity contribution is -0.120. The van der Waals surface area contributed by atoms with Crippen LogP contribution in [0.4, 0.5) is 5.69 Å². The molecular formula is C22H26N2O3. The normalized spacial score (nSPS) is 20.3. The number of anilines is 1. The van der Waals surface area contributed by atoms with Crippen LogP contribution in [0.25, 0.3) is 0 Å². The summed E-state index contributed by atoms with van der Waals surface area (Å²) in [5, 5.41) is 3.02. The molecule has 1 fully saturated rings. The van der Waals surface area contributed by atoms with Crippen LogP contribution in [0.2, 0.25) is 0 Å². The number of hydrogen-bond acceptors (Lipinski definition) is 4. The number of nitrogens with one attached hydrogen (secondary N) is 1. The number of amides is 1. The van der Waals surface area contributed by atoms with Crippen molar-refractivity contribution in [3.05, 3.63) is 53.6 Å². The van der Waals surface area contributed by atoms with E-state index in [-0.39, 0.29) is 11.9 Å². The fraction of sp³-hybridized carbons (Fsp3) is 0.409. The van der Waals surface area contributed by atoms with E-state index in [9.17, 15) is 4.79 Å². The third kappa shape index (κ3) is 3.78. The lowest BCUT2D eigenvalue weighted by atomic mass is 9.94. The summed E-state index contributed by atoms with van der Waals surface area (Å²) in [6, 6.07) is 13.9. The number of ether oxygens (including phenoxy) is 2. The lowest BCUT2D eigenvalue weighted by Crippen LogP contribution is -2.40. The van der Waals surface area contributed by atoms with Crippen molar-refractivity contribution in [2.24, 2.45) is 0 Å². The number of aryl methyl sites for hydroxylation is 1. The zero-order valence-electron chi connectivity index (χ0n) is 15.9. The second kappa shape index (κ2) is 7.61. The van der Waals surface area contributed by atoms with Crippen molar-refractivity contribution in [1.82, 2.24) is 4.90 Å².